The molecule has 0 atom stereocenters. The molecule has 0 radical (unpaired) electrons. The molecule has 6 nitrogen and oxygen atoms in total. The summed E-state index contributed by atoms with van der Waals surface area (Å²) in [6, 6.07) is 10.4. The van der Waals surface area contributed by atoms with Crippen LogP contribution in [-0.4, -0.2) is 48.3 Å². The van der Waals surface area contributed by atoms with Crippen LogP contribution in [-0.2, 0) is 4.74 Å². The number of halogens is 3. The van der Waals surface area contributed by atoms with E-state index in [9.17, 15) is 9.18 Å². The van der Waals surface area contributed by atoms with Gasteiger partial charge >= 0.3 is 0 Å². The molecule has 180 valence electrons. The highest BCUT2D eigenvalue weighted by Crippen LogP contribution is 2.29. The predicted octanol–water partition coefficient (Wildman–Crippen LogP) is 5.22. The number of fused-ring (bicyclic) bond motifs is 1. The van der Waals surface area contributed by atoms with Gasteiger partial charge in [0, 0.05) is 29.7 Å². The van der Waals surface area contributed by atoms with Crippen molar-refractivity contribution >= 4 is 50.7 Å². The Morgan fingerprint density at radius 1 is 1.15 bits per heavy atom. The number of thiazole rings is 1. The second kappa shape index (κ2) is 9.95. The van der Waals surface area contributed by atoms with Gasteiger partial charge in [-0.25, -0.2) is 9.37 Å². The molecule has 1 aromatic heterocycles. The van der Waals surface area contributed by atoms with Crippen molar-refractivity contribution in [3.05, 3.63) is 57.3 Å². The number of aromatic nitrogens is 1. The Hall–Kier alpha value is -1.97. The van der Waals surface area contributed by atoms with E-state index in [1.165, 1.54) is 23.5 Å². The zero-order valence-electron chi connectivity index (χ0n) is 18.3. The standard InChI is InChI=1S/C24H24Cl2FN3O3S/c25-14-1-8-21-20(9-14)30-23(34-21)22(31)29-16-4-2-15(3-5-16)28-11-24(12-32-13-24)33-17-6-7-18(26)19(27)10-17/h1,6-10,15-16,28H,2-5,11-13H2,(H,29,31)/t15-,16-. The Morgan fingerprint density at radius 2 is 1.91 bits per heavy atom. The first-order chi connectivity index (χ1) is 16.4. The number of rotatable bonds is 7. The van der Waals surface area contributed by atoms with E-state index >= 15 is 0 Å². The average molecular weight is 524 g/mol. The van der Waals surface area contributed by atoms with E-state index in [2.05, 4.69) is 15.6 Å². The summed E-state index contributed by atoms with van der Waals surface area (Å²) < 4.78 is 26.2. The molecule has 5 rings (SSSR count). The second-order valence-corrected chi connectivity index (χ2v) is 10.8. The number of nitrogens with zero attached hydrogens (tertiary/aromatic N) is 1. The van der Waals surface area contributed by atoms with Gasteiger partial charge in [0.1, 0.15) is 11.6 Å². The van der Waals surface area contributed by atoms with Crippen molar-refractivity contribution in [1.29, 1.82) is 0 Å². The molecular weight excluding hydrogens is 500 g/mol. The van der Waals surface area contributed by atoms with Gasteiger partial charge in [0.15, 0.2) is 10.6 Å². The zero-order chi connectivity index (χ0) is 23.7. The molecule has 0 unspecified atom stereocenters. The molecule has 34 heavy (non-hydrogen) atoms. The highest BCUT2D eigenvalue weighted by atomic mass is 35.5. The molecule has 1 saturated heterocycles. The summed E-state index contributed by atoms with van der Waals surface area (Å²) in [5.41, 5.74) is 0.231. The van der Waals surface area contributed by atoms with E-state index in [0.29, 0.717) is 41.6 Å². The lowest BCUT2D eigenvalue weighted by Gasteiger charge is -2.43. The Labute approximate surface area is 210 Å². The van der Waals surface area contributed by atoms with Gasteiger partial charge in [-0.3, -0.25) is 4.79 Å². The fourth-order valence-corrected chi connectivity index (χ4v) is 5.47. The highest BCUT2D eigenvalue weighted by molar-refractivity contribution is 7.20. The Kier molecular flexibility index (Phi) is 6.95. The molecule has 2 fully saturated rings. The van der Waals surface area contributed by atoms with Gasteiger partial charge in [0.25, 0.3) is 5.91 Å². The molecule has 2 heterocycles. The van der Waals surface area contributed by atoms with Gasteiger partial charge in [-0.05, 0) is 56.0 Å². The topological polar surface area (TPSA) is 72.5 Å². The first-order valence-electron chi connectivity index (χ1n) is 11.2. The van der Waals surface area contributed by atoms with Crippen LogP contribution in [0, 0.1) is 5.82 Å². The van der Waals surface area contributed by atoms with Gasteiger partial charge in [-0.2, -0.15) is 0 Å². The molecule has 2 N–H and O–H groups in total. The van der Waals surface area contributed by atoms with E-state index in [0.717, 1.165) is 35.9 Å². The molecule has 1 aliphatic heterocycles. The third-order valence-electron chi connectivity index (χ3n) is 6.27. The Morgan fingerprint density at radius 3 is 2.62 bits per heavy atom. The third kappa shape index (κ3) is 5.31. The Bertz CT molecular complexity index is 1200. The van der Waals surface area contributed by atoms with Crippen LogP contribution >= 0.6 is 34.5 Å². The average Bonchev–Trinajstić information content (AvgIpc) is 3.22. The van der Waals surface area contributed by atoms with Gasteiger partial charge in [-0.15, -0.1) is 11.3 Å². The van der Waals surface area contributed by atoms with Crippen LogP contribution in [0.1, 0.15) is 35.5 Å². The lowest BCUT2D eigenvalue weighted by atomic mass is 9.90. The normalized spacial score (nSPS) is 21.7. The number of hydrogen-bond acceptors (Lipinski definition) is 6. The maximum Gasteiger partial charge on any atom is 0.280 e. The van der Waals surface area contributed by atoms with Crippen LogP contribution in [0.25, 0.3) is 10.2 Å². The summed E-state index contributed by atoms with van der Waals surface area (Å²) in [5.74, 6) is -0.198. The molecule has 0 bridgehead atoms. The summed E-state index contributed by atoms with van der Waals surface area (Å²) in [6.07, 6.45) is 3.64. The zero-order valence-corrected chi connectivity index (χ0v) is 20.6. The van der Waals surface area contributed by atoms with Gasteiger partial charge in [-0.1, -0.05) is 23.2 Å². The predicted molar refractivity (Wildman–Crippen MR) is 132 cm³/mol. The second-order valence-electron chi connectivity index (χ2n) is 8.89. The summed E-state index contributed by atoms with van der Waals surface area (Å²) in [6.45, 7) is 1.50. The van der Waals surface area contributed by atoms with Crippen LogP contribution < -0.4 is 15.4 Å². The minimum absolute atomic E-state index is 0.0702. The summed E-state index contributed by atoms with van der Waals surface area (Å²) in [5, 5.41) is 7.84. The minimum Gasteiger partial charge on any atom is -0.481 e. The molecule has 3 aromatic rings. The number of benzene rings is 2. The van der Waals surface area contributed by atoms with E-state index in [1.807, 2.05) is 6.07 Å². The summed E-state index contributed by atoms with van der Waals surface area (Å²) in [4.78, 5) is 17.1. The third-order valence-corrected chi connectivity index (χ3v) is 7.85. The summed E-state index contributed by atoms with van der Waals surface area (Å²) >= 11 is 13.2. The van der Waals surface area contributed by atoms with Crippen LogP contribution in [0.3, 0.4) is 0 Å². The number of ether oxygens (including phenoxy) is 2. The first kappa shape index (κ1) is 23.8. The molecular formula is C24H24Cl2FN3O3S. The number of amides is 1. The van der Waals surface area contributed by atoms with E-state index in [4.69, 9.17) is 32.7 Å². The fourth-order valence-electron chi connectivity index (χ4n) is 4.33. The highest BCUT2D eigenvalue weighted by Gasteiger charge is 2.42. The maximum absolute atomic E-state index is 13.8. The van der Waals surface area contributed by atoms with E-state index < -0.39 is 11.4 Å². The lowest BCUT2D eigenvalue weighted by Crippen LogP contribution is -2.61. The Balaban J connectivity index is 1.10. The van der Waals surface area contributed by atoms with Crippen LogP contribution in [0.4, 0.5) is 4.39 Å². The van der Waals surface area contributed by atoms with Crippen molar-refractivity contribution in [3.63, 3.8) is 0 Å². The summed E-state index contributed by atoms with van der Waals surface area (Å²) in [7, 11) is 0. The SMILES string of the molecule is O=C(N[C@H]1CC[C@H](NCC2(Oc3ccc(Cl)c(F)c3)COC2)CC1)c1nc2cc(Cl)ccc2s1. The molecule has 2 aliphatic rings. The van der Waals surface area contributed by atoms with Crippen molar-refractivity contribution in [2.75, 3.05) is 19.8 Å². The molecule has 2 aromatic carbocycles. The fraction of sp³-hybridized carbons (Fsp3) is 0.417. The first-order valence-corrected chi connectivity index (χ1v) is 12.8. The van der Waals surface area contributed by atoms with Crippen molar-refractivity contribution in [1.82, 2.24) is 15.6 Å². The molecule has 1 saturated carbocycles. The van der Waals surface area contributed by atoms with Gasteiger partial charge in [0.05, 0.1) is 28.5 Å². The van der Waals surface area contributed by atoms with E-state index in [1.54, 1.807) is 18.2 Å². The van der Waals surface area contributed by atoms with Crippen molar-refractivity contribution in [2.45, 2.75) is 43.4 Å². The molecule has 10 heteroatoms. The van der Waals surface area contributed by atoms with Crippen molar-refractivity contribution in [3.8, 4) is 5.75 Å². The van der Waals surface area contributed by atoms with E-state index in [-0.39, 0.29) is 17.0 Å². The number of carbonyl (C=O) groups is 1. The van der Waals surface area contributed by atoms with Crippen molar-refractivity contribution < 1.29 is 18.7 Å². The van der Waals surface area contributed by atoms with Crippen LogP contribution in [0.5, 0.6) is 5.75 Å². The molecule has 0 spiro atoms. The lowest BCUT2D eigenvalue weighted by molar-refractivity contribution is -0.159. The molecule has 1 amide bonds. The minimum atomic E-state index is -0.513. The smallest absolute Gasteiger partial charge is 0.280 e. The number of carbonyl (C=O) groups excluding carboxylic acids is 1. The van der Waals surface area contributed by atoms with Crippen LogP contribution in [0.15, 0.2) is 36.4 Å². The largest absolute Gasteiger partial charge is 0.481 e. The monoisotopic (exact) mass is 523 g/mol. The number of hydrogen-bond donors (Lipinski definition) is 2. The maximum atomic E-state index is 13.8. The number of nitrogens with one attached hydrogen (secondary N) is 2. The quantitative estimate of drug-likeness (QED) is 0.444. The molecule has 1 aliphatic carbocycles. The van der Waals surface area contributed by atoms with Crippen LogP contribution in [0.2, 0.25) is 10.0 Å². The van der Waals surface area contributed by atoms with Gasteiger partial charge in [0.2, 0.25) is 0 Å². The van der Waals surface area contributed by atoms with Crippen molar-refractivity contribution in [2.24, 2.45) is 0 Å². The van der Waals surface area contributed by atoms with Gasteiger partial charge < -0.3 is 20.1 Å².